The summed E-state index contributed by atoms with van der Waals surface area (Å²) in [6, 6.07) is 8.31. The number of nitrogens with two attached hydrogens (primary N) is 1. The number of nitrogens with zero attached hydrogens (tertiary/aromatic N) is 3. The highest BCUT2D eigenvalue weighted by atomic mass is 35.5. The zero-order valence-electron chi connectivity index (χ0n) is 13.7. The van der Waals surface area contributed by atoms with Crippen molar-refractivity contribution >= 4 is 28.5 Å². The fraction of sp³-hybridized carbons (Fsp3) is 0.294. The second-order valence-corrected chi connectivity index (χ2v) is 6.66. The number of aliphatic hydroxyl groups is 2. The van der Waals surface area contributed by atoms with E-state index in [0.717, 1.165) is 5.39 Å². The van der Waals surface area contributed by atoms with Crippen LogP contribution < -0.4 is 16.0 Å². The Morgan fingerprint density at radius 2 is 1.92 bits per heavy atom. The standard InChI is InChI=1S/C17H18ClN5O3/c18-9-1-3-10(4-2-9)26-13-7-12(14(24)15(13)25)23-6-5-11-16(22-19)20-8-21-17(11)23/h1-6,8,12-15,24-25H,7,19H2,(H,20,21,22)/t12-,13+,14+,15-/m1/s1. The van der Waals surface area contributed by atoms with E-state index < -0.39 is 18.3 Å². The Bertz CT molecular complexity index is 916. The molecule has 0 aliphatic heterocycles. The summed E-state index contributed by atoms with van der Waals surface area (Å²) in [6.45, 7) is 0. The molecular formula is C17H18ClN5O3. The van der Waals surface area contributed by atoms with E-state index >= 15 is 0 Å². The molecule has 0 spiro atoms. The second-order valence-electron chi connectivity index (χ2n) is 6.22. The minimum atomic E-state index is -1.03. The molecule has 8 nitrogen and oxygen atoms in total. The fourth-order valence-corrected chi connectivity index (χ4v) is 3.53. The van der Waals surface area contributed by atoms with Crippen LogP contribution in [0.3, 0.4) is 0 Å². The summed E-state index contributed by atoms with van der Waals surface area (Å²) < 4.78 is 7.67. The third-order valence-corrected chi connectivity index (χ3v) is 4.96. The Hall–Kier alpha value is -2.39. The van der Waals surface area contributed by atoms with Gasteiger partial charge in [0.2, 0.25) is 0 Å². The van der Waals surface area contributed by atoms with Crippen LogP contribution in [0.15, 0.2) is 42.9 Å². The van der Waals surface area contributed by atoms with Crippen molar-refractivity contribution in [2.45, 2.75) is 30.8 Å². The molecule has 4 atom stereocenters. The van der Waals surface area contributed by atoms with E-state index in [1.54, 1.807) is 30.5 Å². The number of aliphatic hydroxyl groups excluding tert-OH is 2. The van der Waals surface area contributed by atoms with Gasteiger partial charge in [0.05, 0.1) is 11.4 Å². The highest BCUT2D eigenvalue weighted by Gasteiger charge is 2.44. The zero-order valence-corrected chi connectivity index (χ0v) is 14.4. The summed E-state index contributed by atoms with van der Waals surface area (Å²) in [7, 11) is 0. The number of hydrogen-bond acceptors (Lipinski definition) is 7. The van der Waals surface area contributed by atoms with E-state index in [2.05, 4.69) is 15.4 Å². The smallest absolute Gasteiger partial charge is 0.152 e. The van der Waals surface area contributed by atoms with Crippen LogP contribution >= 0.6 is 11.6 Å². The van der Waals surface area contributed by atoms with Gasteiger partial charge in [-0.3, -0.25) is 0 Å². The average Bonchev–Trinajstić information content (AvgIpc) is 3.20. The van der Waals surface area contributed by atoms with Crippen molar-refractivity contribution in [1.82, 2.24) is 14.5 Å². The highest BCUT2D eigenvalue weighted by Crippen LogP contribution is 2.36. The molecule has 1 aliphatic carbocycles. The zero-order chi connectivity index (χ0) is 18.3. The number of nitrogen functional groups attached to an aromatic ring is 1. The van der Waals surface area contributed by atoms with Crippen LogP contribution in [-0.2, 0) is 0 Å². The Kier molecular flexibility index (Phi) is 4.41. The molecule has 3 aromatic rings. The Morgan fingerprint density at radius 1 is 1.15 bits per heavy atom. The first-order valence-corrected chi connectivity index (χ1v) is 8.53. The van der Waals surface area contributed by atoms with Gasteiger partial charge < -0.3 is 24.9 Å². The van der Waals surface area contributed by atoms with Gasteiger partial charge >= 0.3 is 0 Å². The van der Waals surface area contributed by atoms with Crippen molar-refractivity contribution in [1.29, 1.82) is 0 Å². The van der Waals surface area contributed by atoms with Crippen molar-refractivity contribution in [3.63, 3.8) is 0 Å². The molecule has 2 aromatic heterocycles. The summed E-state index contributed by atoms with van der Waals surface area (Å²) >= 11 is 5.88. The lowest BCUT2D eigenvalue weighted by Gasteiger charge is -2.19. The normalized spacial score (nSPS) is 25.5. The predicted octanol–water partition coefficient (Wildman–Crippen LogP) is 1.48. The molecule has 5 N–H and O–H groups in total. The third kappa shape index (κ3) is 2.86. The van der Waals surface area contributed by atoms with Crippen LogP contribution in [-0.4, -0.2) is 43.1 Å². The summed E-state index contributed by atoms with van der Waals surface area (Å²) in [5.41, 5.74) is 3.15. The summed E-state index contributed by atoms with van der Waals surface area (Å²) in [5.74, 6) is 6.56. The maximum absolute atomic E-state index is 10.6. The second kappa shape index (κ2) is 6.73. The molecule has 0 saturated heterocycles. The van der Waals surface area contributed by atoms with E-state index in [4.69, 9.17) is 22.2 Å². The van der Waals surface area contributed by atoms with Gasteiger partial charge in [-0.1, -0.05) is 11.6 Å². The first-order chi connectivity index (χ1) is 12.6. The van der Waals surface area contributed by atoms with E-state index in [-0.39, 0.29) is 6.04 Å². The number of hydrogen-bond donors (Lipinski definition) is 4. The first kappa shape index (κ1) is 17.0. The monoisotopic (exact) mass is 375 g/mol. The molecule has 136 valence electrons. The summed E-state index contributed by atoms with van der Waals surface area (Å²) in [4.78, 5) is 8.35. The van der Waals surface area contributed by atoms with Gasteiger partial charge in [-0.25, -0.2) is 15.8 Å². The molecule has 0 amide bonds. The third-order valence-electron chi connectivity index (χ3n) is 4.70. The van der Waals surface area contributed by atoms with Crippen LogP contribution in [0.2, 0.25) is 5.02 Å². The maximum Gasteiger partial charge on any atom is 0.152 e. The number of anilines is 1. The lowest BCUT2D eigenvalue weighted by molar-refractivity contribution is -0.0163. The van der Waals surface area contributed by atoms with Crippen LogP contribution in [0.5, 0.6) is 5.75 Å². The average molecular weight is 376 g/mol. The van der Waals surface area contributed by atoms with Gasteiger partial charge in [0.15, 0.2) is 5.82 Å². The minimum absolute atomic E-state index is 0.389. The topological polar surface area (TPSA) is 118 Å². The van der Waals surface area contributed by atoms with Crippen LogP contribution in [0.4, 0.5) is 5.82 Å². The van der Waals surface area contributed by atoms with Crippen molar-refractivity contribution in [2.24, 2.45) is 5.84 Å². The molecular weight excluding hydrogens is 358 g/mol. The molecule has 1 fully saturated rings. The van der Waals surface area contributed by atoms with Crippen LogP contribution in [0.1, 0.15) is 12.5 Å². The molecule has 0 bridgehead atoms. The molecule has 26 heavy (non-hydrogen) atoms. The molecule has 1 aromatic carbocycles. The number of nitrogens with one attached hydrogen (secondary N) is 1. The predicted molar refractivity (Wildman–Crippen MR) is 96.9 cm³/mol. The number of hydrazine groups is 1. The van der Waals surface area contributed by atoms with E-state index in [1.165, 1.54) is 6.33 Å². The molecule has 1 aliphatic rings. The summed E-state index contributed by atoms with van der Waals surface area (Å²) in [6.07, 6.45) is 1.04. The number of benzene rings is 1. The van der Waals surface area contributed by atoms with Crippen LogP contribution in [0.25, 0.3) is 11.0 Å². The first-order valence-electron chi connectivity index (χ1n) is 8.15. The van der Waals surface area contributed by atoms with Crippen molar-refractivity contribution in [2.75, 3.05) is 5.43 Å². The van der Waals surface area contributed by atoms with Crippen molar-refractivity contribution in [3.8, 4) is 5.75 Å². The fourth-order valence-electron chi connectivity index (χ4n) is 3.40. The van der Waals surface area contributed by atoms with Gasteiger partial charge in [0, 0.05) is 17.6 Å². The molecule has 1 saturated carbocycles. The van der Waals surface area contributed by atoms with Gasteiger partial charge in [0.25, 0.3) is 0 Å². The van der Waals surface area contributed by atoms with Gasteiger partial charge in [-0.2, -0.15) is 0 Å². The van der Waals surface area contributed by atoms with E-state index in [9.17, 15) is 10.2 Å². The molecule has 0 radical (unpaired) electrons. The maximum atomic E-state index is 10.6. The Labute approximate surface area is 154 Å². The summed E-state index contributed by atoms with van der Waals surface area (Å²) in [5, 5.41) is 22.3. The van der Waals surface area contributed by atoms with Crippen molar-refractivity contribution < 1.29 is 14.9 Å². The van der Waals surface area contributed by atoms with Gasteiger partial charge in [-0.15, -0.1) is 0 Å². The van der Waals surface area contributed by atoms with Crippen LogP contribution in [0, 0.1) is 0 Å². The molecule has 4 rings (SSSR count). The lowest BCUT2D eigenvalue weighted by Crippen LogP contribution is -2.34. The molecule has 0 unspecified atom stereocenters. The highest BCUT2D eigenvalue weighted by molar-refractivity contribution is 6.30. The lowest BCUT2D eigenvalue weighted by atomic mass is 10.2. The molecule has 2 heterocycles. The Morgan fingerprint density at radius 3 is 2.65 bits per heavy atom. The van der Waals surface area contributed by atoms with E-state index in [1.807, 2.05) is 10.6 Å². The Balaban J connectivity index is 1.61. The number of aromatic nitrogens is 3. The largest absolute Gasteiger partial charge is 0.488 e. The quantitative estimate of drug-likeness (QED) is 0.403. The number of ether oxygens (including phenoxy) is 1. The van der Waals surface area contributed by atoms with E-state index in [0.29, 0.717) is 28.7 Å². The number of fused-ring (bicyclic) bond motifs is 1. The van der Waals surface area contributed by atoms with Gasteiger partial charge in [0.1, 0.15) is 36.0 Å². The van der Waals surface area contributed by atoms with Gasteiger partial charge in [-0.05, 0) is 30.3 Å². The SMILES string of the molecule is NNc1ncnc2c1ccn2[C@@H]1C[C@H](Oc2ccc(Cl)cc2)[C@@H](O)[C@H]1O. The minimum Gasteiger partial charge on any atom is -0.488 e. The number of rotatable bonds is 4. The number of halogens is 1. The molecule has 9 heteroatoms. The van der Waals surface area contributed by atoms with Crippen molar-refractivity contribution in [3.05, 3.63) is 47.9 Å².